The summed E-state index contributed by atoms with van der Waals surface area (Å²) < 4.78 is 17.9. The molecule has 2 heterocycles. The second-order valence-corrected chi connectivity index (χ2v) is 7.86. The quantitative estimate of drug-likeness (QED) is 0.657. The number of ether oxygens (including phenoxy) is 3. The molecule has 1 aliphatic carbocycles. The summed E-state index contributed by atoms with van der Waals surface area (Å²) in [4.78, 5) is 17.9. The number of Topliss-reactive ketones (excluding diaryl/α,β-unsaturated/α-hetero) is 1. The highest BCUT2D eigenvalue weighted by Crippen LogP contribution is 2.45. The molecule has 5 rings (SSSR count). The van der Waals surface area contributed by atoms with E-state index in [9.17, 15) is 4.79 Å². The van der Waals surface area contributed by atoms with Gasteiger partial charge in [0.05, 0.1) is 21.3 Å². The number of hydrogen-bond acceptors (Lipinski definition) is 7. The molecule has 1 aliphatic heterocycles. The first-order valence-corrected chi connectivity index (χ1v) is 10.4. The molecule has 0 radical (unpaired) electrons. The van der Waals surface area contributed by atoms with Gasteiger partial charge >= 0.3 is 0 Å². The van der Waals surface area contributed by atoms with Crippen molar-refractivity contribution in [3.05, 3.63) is 71.2 Å². The van der Waals surface area contributed by atoms with Crippen molar-refractivity contribution in [2.24, 2.45) is 0 Å². The lowest BCUT2D eigenvalue weighted by atomic mass is 9.78. The molecule has 0 fully saturated rings. The Balaban J connectivity index is 1.54. The first-order chi connectivity index (χ1) is 15.6. The van der Waals surface area contributed by atoms with Crippen molar-refractivity contribution in [2.75, 3.05) is 26.6 Å². The Bertz CT molecular complexity index is 1200. The number of ketones is 1. The van der Waals surface area contributed by atoms with Crippen LogP contribution in [0.5, 0.6) is 17.2 Å². The van der Waals surface area contributed by atoms with E-state index in [1.807, 2.05) is 42.5 Å². The number of allylic oxidation sites excluding steroid dienone is 2. The Hall–Kier alpha value is -3.81. The normalized spacial score (nSPS) is 19.7. The largest absolute Gasteiger partial charge is 0.497 e. The van der Waals surface area contributed by atoms with Gasteiger partial charge in [-0.3, -0.25) is 4.79 Å². The molecule has 2 aliphatic rings. The van der Waals surface area contributed by atoms with Crippen LogP contribution in [0.2, 0.25) is 0 Å². The van der Waals surface area contributed by atoms with Crippen LogP contribution in [0.25, 0.3) is 0 Å². The third-order valence-electron chi connectivity index (χ3n) is 6.17. The predicted molar refractivity (Wildman–Crippen MR) is 118 cm³/mol. The van der Waals surface area contributed by atoms with Gasteiger partial charge in [-0.1, -0.05) is 18.2 Å². The number of anilines is 1. The van der Waals surface area contributed by atoms with E-state index in [0.29, 0.717) is 30.3 Å². The van der Waals surface area contributed by atoms with E-state index in [1.165, 1.54) is 6.33 Å². The number of hydrogen-bond donors (Lipinski definition) is 1. The van der Waals surface area contributed by atoms with Crippen LogP contribution in [0.1, 0.15) is 35.9 Å². The fraction of sp³-hybridized carbons (Fsp3) is 0.292. The van der Waals surface area contributed by atoms with Crippen LogP contribution in [0.4, 0.5) is 5.95 Å². The topological polar surface area (TPSA) is 87.5 Å². The molecule has 2 aromatic carbocycles. The summed E-state index contributed by atoms with van der Waals surface area (Å²) in [6, 6.07) is 13.2. The molecule has 164 valence electrons. The minimum absolute atomic E-state index is 0.0274. The fourth-order valence-corrected chi connectivity index (χ4v) is 4.59. The number of methoxy groups -OCH3 is 3. The number of nitrogens with zero attached hydrogens (tertiary/aromatic N) is 3. The first kappa shape index (κ1) is 20.1. The van der Waals surface area contributed by atoms with Gasteiger partial charge < -0.3 is 19.5 Å². The molecule has 0 unspecified atom stereocenters. The summed E-state index contributed by atoms with van der Waals surface area (Å²) in [6.45, 7) is 0. The maximum atomic E-state index is 13.5. The van der Waals surface area contributed by atoms with Gasteiger partial charge in [0.2, 0.25) is 5.95 Å². The van der Waals surface area contributed by atoms with Gasteiger partial charge in [0.15, 0.2) is 17.3 Å². The van der Waals surface area contributed by atoms with E-state index >= 15 is 0 Å². The van der Waals surface area contributed by atoms with Gasteiger partial charge in [0, 0.05) is 17.7 Å². The molecule has 3 aromatic rings. The number of rotatable bonds is 5. The molecule has 0 amide bonds. The van der Waals surface area contributed by atoms with Crippen LogP contribution in [0.15, 0.2) is 60.1 Å². The van der Waals surface area contributed by atoms with E-state index in [-0.39, 0.29) is 17.7 Å². The monoisotopic (exact) mass is 432 g/mol. The van der Waals surface area contributed by atoms with Crippen molar-refractivity contribution in [1.82, 2.24) is 14.8 Å². The first-order valence-electron chi connectivity index (χ1n) is 10.4. The zero-order chi connectivity index (χ0) is 22.2. The molecule has 0 saturated carbocycles. The molecular weight excluding hydrogens is 408 g/mol. The standard InChI is InChI=1S/C24H24N4O4/c1-30-17-7-4-14(5-8-17)23-22-18(27-24-25-13-26-28(23)24)10-16(11-19(22)29)15-6-9-20(31-2)21(12-15)32-3/h4-9,12-13,16,23H,10-11H2,1-3H3,(H,25,26,27)/t16-,23-/m1/s1. The minimum atomic E-state index is -0.325. The summed E-state index contributed by atoms with van der Waals surface area (Å²) in [5, 5.41) is 7.75. The van der Waals surface area contributed by atoms with Crippen LogP contribution >= 0.6 is 0 Å². The molecule has 0 saturated heterocycles. The fourth-order valence-electron chi connectivity index (χ4n) is 4.59. The Morgan fingerprint density at radius 2 is 1.69 bits per heavy atom. The summed E-state index contributed by atoms with van der Waals surface area (Å²) in [7, 11) is 4.86. The summed E-state index contributed by atoms with van der Waals surface area (Å²) in [5.41, 5.74) is 3.63. The molecule has 1 aromatic heterocycles. The molecule has 0 spiro atoms. The third-order valence-corrected chi connectivity index (χ3v) is 6.17. The van der Waals surface area contributed by atoms with Crippen LogP contribution in [-0.2, 0) is 4.79 Å². The van der Waals surface area contributed by atoms with E-state index in [0.717, 1.165) is 28.1 Å². The highest BCUT2D eigenvalue weighted by Gasteiger charge is 2.39. The molecular formula is C24H24N4O4. The van der Waals surface area contributed by atoms with Crippen molar-refractivity contribution >= 4 is 11.7 Å². The van der Waals surface area contributed by atoms with Gasteiger partial charge in [0.25, 0.3) is 0 Å². The van der Waals surface area contributed by atoms with Crippen molar-refractivity contribution in [1.29, 1.82) is 0 Å². The van der Waals surface area contributed by atoms with Gasteiger partial charge in [-0.15, -0.1) is 0 Å². The molecule has 8 heteroatoms. The lowest BCUT2D eigenvalue weighted by Gasteiger charge is -2.35. The SMILES string of the molecule is COc1ccc([C@@H]2C3=C(C[C@@H](c4ccc(OC)c(OC)c4)CC3=O)Nc3ncnn32)cc1. The van der Waals surface area contributed by atoms with E-state index < -0.39 is 0 Å². The average molecular weight is 432 g/mol. The Labute approximate surface area is 185 Å². The van der Waals surface area contributed by atoms with Crippen LogP contribution in [-0.4, -0.2) is 41.9 Å². The molecule has 8 nitrogen and oxygen atoms in total. The number of aromatic nitrogens is 3. The molecule has 32 heavy (non-hydrogen) atoms. The Kier molecular flexibility index (Phi) is 5.05. The van der Waals surface area contributed by atoms with Crippen LogP contribution in [0.3, 0.4) is 0 Å². The summed E-state index contributed by atoms with van der Waals surface area (Å²) >= 11 is 0. The van der Waals surface area contributed by atoms with Gasteiger partial charge in [0.1, 0.15) is 18.1 Å². The van der Waals surface area contributed by atoms with Crippen molar-refractivity contribution in [3.8, 4) is 17.2 Å². The molecule has 2 atom stereocenters. The Morgan fingerprint density at radius 3 is 2.41 bits per heavy atom. The summed E-state index contributed by atoms with van der Waals surface area (Å²) in [6.07, 6.45) is 2.61. The number of nitrogens with one attached hydrogen (secondary N) is 1. The second kappa shape index (κ2) is 8.03. The van der Waals surface area contributed by atoms with Crippen LogP contribution in [0, 0.1) is 0 Å². The zero-order valence-corrected chi connectivity index (χ0v) is 18.2. The lowest BCUT2D eigenvalue weighted by Crippen LogP contribution is -2.33. The van der Waals surface area contributed by atoms with Gasteiger partial charge in [-0.25, -0.2) is 4.68 Å². The highest BCUT2D eigenvalue weighted by atomic mass is 16.5. The molecule has 1 N–H and O–H groups in total. The Morgan fingerprint density at radius 1 is 0.938 bits per heavy atom. The van der Waals surface area contributed by atoms with Gasteiger partial charge in [-0.2, -0.15) is 10.1 Å². The number of carbonyl (C=O) groups excluding carboxylic acids is 1. The third kappa shape index (κ3) is 3.28. The second-order valence-electron chi connectivity index (χ2n) is 7.86. The number of fused-ring (bicyclic) bond motifs is 1. The minimum Gasteiger partial charge on any atom is -0.497 e. The smallest absolute Gasteiger partial charge is 0.226 e. The van der Waals surface area contributed by atoms with E-state index in [2.05, 4.69) is 15.4 Å². The van der Waals surface area contributed by atoms with Crippen molar-refractivity contribution in [3.63, 3.8) is 0 Å². The van der Waals surface area contributed by atoms with E-state index in [1.54, 1.807) is 26.0 Å². The maximum absolute atomic E-state index is 13.5. The summed E-state index contributed by atoms with van der Waals surface area (Å²) in [5.74, 6) is 2.84. The highest BCUT2D eigenvalue weighted by molar-refractivity contribution is 6.00. The lowest BCUT2D eigenvalue weighted by molar-refractivity contribution is -0.116. The van der Waals surface area contributed by atoms with Crippen molar-refractivity contribution < 1.29 is 19.0 Å². The van der Waals surface area contributed by atoms with Gasteiger partial charge in [-0.05, 0) is 47.7 Å². The number of carbonyl (C=O) groups is 1. The predicted octanol–water partition coefficient (Wildman–Crippen LogP) is 3.72. The maximum Gasteiger partial charge on any atom is 0.226 e. The zero-order valence-electron chi connectivity index (χ0n) is 18.2. The van der Waals surface area contributed by atoms with Crippen molar-refractivity contribution in [2.45, 2.75) is 24.8 Å². The van der Waals surface area contributed by atoms with E-state index in [4.69, 9.17) is 14.2 Å². The number of benzene rings is 2. The average Bonchev–Trinajstić information content (AvgIpc) is 3.30. The van der Waals surface area contributed by atoms with Crippen LogP contribution < -0.4 is 19.5 Å². The molecule has 0 bridgehead atoms.